The fourth-order valence-corrected chi connectivity index (χ4v) is 4.46. The number of benzene rings is 1. The van der Waals surface area contributed by atoms with Gasteiger partial charge in [-0.3, -0.25) is 4.98 Å². The van der Waals surface area contributed by atoms with Crippen LogP contribution in [0.2, 0.25) is 5.02 Å². The minimum absolute atomic E-state index is 0.300. The first kappa shape index (κ1) is 14.0. The van der Waals surface area contributed by atoms with Crippen LogP contribution in [0.3, 0.4) is 0 Å². The molecule has 0 amide bonds. The highest BCUT2D eigenvalue weighted by Gasteiger charge is 2.32. The summed E-state index contributed by atoms with van der Waals surface area (Å²) in [5.74, 6) is 2.38. The number of aromatic nitrogens is 1. The van der Waals surface area contributed by atoms with Gasteiger partial charge < -0.3 is 5.32 Å². The van der Waals surface area contributed by atoms with Crippen LogP contribution in [0.15, 0.2) is 30.5 Å². The maximum Gasteiger partial charge on any atom is 0.0934 e. The van der Waals surface area contributed by atoms with Crippen LogP contribution < -0.4 is 5.32 Å². The number of thioether (sulfide) groups is 1. The van der Waals surface area contributed by atoms with E-state index in [-0.39, 0.29) is 0 Å². The number of hydrogen-bond acceptors (Lipinski definition) is 3. The van der Waals surface area contributed by atoms with E-state index < -0.39 is 0 Å². The third-order valence-electron chi connectivity index (χ3n) is 4.12. The predicted molar refractivity (Wildman–Crippen MR) is 89.9 cm³/mol. The summed E-state index contributed by atoms with van der Waals surface area (Å²) in [4.78, 5) is 4.51. The minimum atomic E-state index is 0.300. The van der Waals surface area contributed by atoms with Crippen molar-refractivity contribution in [3.05, 3.63) is 35.5 Å². The van der Waals surface area contributed by atoms with Crippen molar-refractivity contribution in [2.75, 3.05) is 16.8 Å². The quantitative estimate of drug-likeness (QED) is 0.860. The Kier molecular flexibility index (Phi) is 3.83. The van der Waals surface area contributed by atoms with E-state index >= 15 is 0 Å². The Hall–Kier alpha value is -0.930. The van der Waals surface area contributed by atoms with Gasteiger partial charge >= 0.3 is 0 Å². The number of halogens is 1. The van der Waals surface area contributed by atoms with Gasteiger partial charge in [0.05, 0.1) is 11.2 Å². The zero-order valence-electron chi connectivity index (χ0n) is 11.8. The SMILES string of the molecule is CC1(C)CCSCC1Nc1cc(Cl)cc2cccnc12. The number of pyridine rings is 1. The third-order valence-corrected chi connectivity index (χ3v) is 5.40. The molecule has 1 aliphatic heterocycles. The molecule has 1 aromatic carbocycles. The maximum absolute atomic E-state index is 6.24. The lowest BCUT2D eigenvalue weighted by atomic mass is 9.82. The van der Waals surface area contributed by atoms with Crippen LogP contribution in [0.1, 0.15) is 20.3 Å². The van der Waals surface area contributed by atoms with E-state index in [1.54, 1.807) is 0 Å². The zero-order chi connectivity index (χ0) is 14.2. The van der Waals surface area contributed by atoms with Crippen molar-refractivity contribution < 1.29 is 0 Å². The van der Waals surface area contributed by atoms with E-state index in [1.807, 2.05) is 36.2 Å². The number of nitrogens with zero attached hydrogens (tertiary/aromatic N) is 1. The Bertz CT molecular complexity index is 627. The summed E-state index contributed by atoms with van der Waals surface area (Å²) in [7, 11) is 0. The molecule has 0 spiro atoms. The van der Waals surface area contributed by atoms with Gasteiger partial charge in [-0.2, -0.15) is 11.8 Å². The summed E-state index contributed by atoms with van der Waals surface area (Å²) in [5, 5.41) is 5.53. The molecule has 106 valence electrons. The summed E-state index contributed by atoms with van der Waals surface area (Å²) in [6.07, 6.45) is 3.07. The smallest absolute Gasteiger partial charge is 0.0934 e. The van der Waals surface area contributed by atoms with Crippen LogP contribution in [-0.2, 0) is 0 Å². The van der Waals surface area contributed by atoms with E-state index in [2.05, 4.69) is 30.2 Å². The molecular weight excluding hydrogens is 288 g/mol. The van der Waals surface area contributed by atoms with Crippen LogP contribution in [0.4, 0.5) is 5.69 Å². The van der Waals surface area contributed by atoms with Crippen LogP contribution in [0.25, 0.3) is 10.9 Å². The number of fused-ring (bicyclic) bond motifs is 1. The second kappa shape index (κ2) is 5.45. The van der Waals surface area contributed by atoms with Crippen LogP contribution >= 0.6 is 23.4 Å². The zero-order valence-corrected chi connectivity index (χ0v) is 13.4. The van der Waals surface area contributed by atoms with Crippen molar-refractivity contribution in [1.82, 2.24) is 4.98 Å². The first-order valence-electron chi connectivity index (χ1n) is 6.95. The van der Waals surface area contributed by atoms with Crippen molar-refractivity contribution in [2.45, 2.75) is 26.3 Å². The molecule has 1 aliphatic rings. The van der Waals surface area contributed by atoms with Crippen molar-refractivity contribution in [2.24, 2.45) is 5.41 Å². The van der Waals surface area contributed by atoms with Gasteiger partial charge in [-0.15, -0.1) is 0 Å². The van der Waals surface area contributed by atoms with Gasteiger partial charge in [-0.25, -0.2) is 0 Å². The van der Waals surface area contributed by atoms with Gasteiger partial charge in [0.15, 0.2) is 0 Å². The van der Waals surface area contributed by atoms with E-state index in [1.165, 1.54) is 12.2 Å². The molecule has 0 saturated carbocycles. The standard InChI is InChI=1S/C16H19ClN2S/c1-16(2)5-7-20-10-14(16)19-13-9-12(17)8-11-4-3-6-18-15(11)13/h3-4,6,8-9,14,19H,5,7,10H2,1-2H3. The molecule has 1 N–H and O–H groups in total. The molecule has 0 aliphatic carbocycles. The molecule has 1 unspecified atom stereocenters. The Morgan fingerprint density at radius 3 is 3.05 bits per heavy atom. The predicted octanol–water partition coefficient (Wildman–Crippen LogP) is 4.83. The number of anilines is 1. The molecule has 2 nitrogen and oxygen atoms in total. The molecule has 1 atom stereocenters. The molecule has 3 rings (SSSR count). The molecule has 0 bridgehead atoms. The first-order chi connectivity index (χ1) is 9.56. The van der Waals surface area contributed by atoms with Gasteiger partial charge in [-0.1, -0.05) is 31.5 Å². The van der Waals surface area contributed by atoms with Gasteiger partial charge in [0.1, 0.15) is 0 Å². The van der Waals surface area contributed by atoms with Crippen LogP contribution in [0, 0.1) is 5.41 Å². The van der Waals surface area contributed by atoms with E-state index in [4.69, 9.17) is 11.6 Å². The van der Waals surface area contributed by atoms with Gasteiger partial charge in [-0.05, 0) is 35.8 Å². The Balaban J connectivity index is 1.98. The van der Waals surface area contributed by atoms with E-state index in [9.17, 15) is 0 Å². The summed E-state index contributed by atoms with van der Waals surface area (Å²) in [5.41, 5.74) is 2.35. The fourth-order valence-electron chi connectivity index (χ4n) is 2.63. The maximum atomic E-state index is 6.24. The molecule has 1 fully saturated rings. The Morgan fingerprint density at radius 1 is 1.40 bits per heavy atom. The number of rotatable bonds is 2. The van der Waals surface area contributed by atoms with Crippen molar-refractivity contribution >= 4 is 40.0 Å². The van der Waals surface area contributed by atoms with Crippen molar-refractivity contribution in [1.29, 1.82) is 0 Å². The Morgan fingerprint density at radius 2 is 2.25 bits per heavy atom. The summed E-state index contributed by atoms with van der Waals surface area (Å²) < 4.78 is 0. The lowest BCUT2D eigenvalue weighted by molar-refractivity contribution is 0.305. The highest BCUT2D eigenvalue weighted by Crippen LogP contribution is 2.37. The Labute approximate surface area is 129 Å². The third kappa shape index (κ3) is 2.75. The monoisotopic (exact) mass is 306 g/mol. The summed E-state index contributed by atoms with van der Waals surface area (Å²) >= 11 is 8.26. The normalized spacial score (nSPS) is 21.9. The largest absolute Gasteiger partial charge is 0.379 e. The average Bonchev–Trinajstić information content (AvgIpc) is 2.41. The number of nitrogens with one attached hydrogen (secondary N) is 1. The van der Waals surface area contributed by atoms with Gasteiger partial charge in [0.2, 0.25) is 0 Å². The van der Waals surface area contributed by atoms with Gasteiger partial charge in [0.25, 0.3) is 0 Å². The van der Waals surface area contributed by atoms with Crippen LogP contribution in [0.5, 0.6) is 0 Å². The molecule has 4 heteroatoms. The fraction of sp³-hybridized carbons (Fsp3) is 0.438. The summed E-state index contributed by atoms with van der Waals surface area (Å²) in [6, 6.07) is 8.41. The van der Waals surface area contributed by atoms with Crippen molar-refractivity contribution in [3.8, 4) is 0 Å². The highest BCUT2D eigenvalue weighted by atomic mass is 35.5. The molecule has 1 aromatic heterocycles. The molecular formula is C16H19ClN2S. The van der Waals surface area contributed by atoms with Crippen molar-refractivity contribution in [3.63, 3.8) is 0 Å². The summed E-state index contributed by atoms with van der Waals surface area (Å²) in [6.45, 7) is 4.68. The minimum Gasteiger partial charge on any atom is -0.379 e. The average molecular weight is 307 g/mol. The molecule has 20 heavy (non-hydrogen) atoms. The lowest BCUT2D eigenvalue weighted by Crippen LogP contribution is -2.41. The molecule has 2 heterocycles. The molecule has 0 radical (unpaired) electrons. The lowest BCUT2D eigenvalue weighted by Gasteiger charge is -2.39. The van der Waals surface area contributed by atoms with Gasteiger partial charge in [0, 0.05) is 28.4 Å². The molecule has 1 saturated heterocycles. The first-order valence-corrected chi connectivity index (χ1v) is 8.48. The topological polar surface area (TPSA) is 24.9 Å². The second-order valence-corrected chi connectivity index (χ2v) is 7.63. The highest BCUT2D eigenvalue weighted by molar-refractivity contribution is 7.99. The molecule has 2 aromatic rings. The van der Waals surface area contributed by atoms with Crippen LogP contribution in [-0.4, -0.2) is 22.5 Å². The second-order valence-electron chi connectivity index (χ2n) is 6.04. The van der Waals surface area contributed by atoms with E-state index in [0.29, 0.717) is 11.5 Å². The number of hydrogen-bond donors (Lipinski definition) is 1. The van der Waals surface area contributed by atoms with E-state index in [0.717, 1.165) is 27.4 Å².